The lowest BCUT2D eigenvalue weighted by atomic mass is 10.5. The van der Waals surface area contributed by atoms with Crippen LogP contribution in [0.4, 0.5) is 5.82 Å². The van der Waals surface area contributed by atoms with Gasteiger partial charge in [-0.15, -0.1) is 10.2 Å². The molecule has 0 radical (unpaired) electrons. The van der Waals surface area contributed by atoms with Crippen molar-refractivity contribution in [3.63, 3.8) is 0 Å². The minimum Gasteiger partial charge on any atom is -0.367 e. The smallest absolute Gasteiger partial charge is 0.148 e. The summed E-state index contributed by atoms with van der Waals surface area (Å²) in [4.78, 5) is 0. The third-order valence-corrected chi connectivity index (χ3v) is 1.69. The van der Waals surface area contributed by atoms with Gasteiger partial charge in [-0.25, -0.2) is 0 Å². The Morgan fingerprint density at radius 1 is 1.29 bits per heavy atom. The number of aromatic nitrogens is 5. The number of hydrogen-bond acceptors (Lipinski definition) is 5. The number of rotatable bonds is 4. The van der Waals surface area contributed by atoms with Crippen molar-refractivity contribution in [2.45, 2.75) is 6.54 Å². The molecule has 0 aliphatic heterocycles. The van der Waals surface area contributed by atoms with Gasteiger partial charge in [0.05, 0.1) is 12.7 Å². The third-order valence-electron chi connectivity index (χ3n) is 1.69. The van der Waals surface area contributed by atoms with Crippen LogP contribution in [0.25, 0.3) is 0 Å². The van der Waals surface area contributed by atoms with Crippen LogP contribution in [-0.4, -0.2) is 31.7 Å². The summed E-state index contributed by atoms with van der Waals surface area (Å²) in [5, 5.41) is 18.3. The summed E-state index contributed by atoms with van der Waals surface area (Å²) < 4.78 is 1.75. The molecule has 6 nitrogen and oxygen atoms in total. The molecule has 0 aromatic carbocycles. The summed E-state index contributed by atoms with van der Waals surface area (Å²) in [6, 6.07) is 3.71. The summed E-state index contributed by atoms with van der Waals surface area (Å²) >= 11 is 0. The maximum Gasteiger partial charge on any atom is 0.148 e. The highest BCUT2D eigenvalue weighted by atomic mass is 15.4. The van der Waals surface area contributed by atoms with E-state index in [-0.39, 0.29) is 0 Å². The Hall–Kier alpha value is -1.98. The molecular formula is C8H10N6. The number of nitrogens with one attached hydrogen (secondary N) is 1. The van der Waals surface area contributed by atoms with Crippen LogP contribution in [0.2, 0.25) is 0 Å². The summed E-state index contributed by atoms with van der Waals surface area (Å²) in [6.45, 7) is 1.51. The standard InChI is InChI=1S/C8H10N6/c1-2-8(12-10-3-1)9-4-6-14-7-5-11-13-14/h1-3,5,7H,4,6H2,(H,9,12). The monoisotopic (exact) mass is 190 g/mol. The van der Waals surface area contributed by atoms with E-state index in [4.69, 9.17) is 0 Å². The fourth-order valence-corrected chi connectivity index (χ4v) is 1.05. The van der Waals surface area contributed by atoms with Gasteiger partial charge >= 0.3 is 0 Å². The lowest BCUT2D eigenvalue weighted by Crippen LogP contribution is -2.11. The second-order valence-electron chi connectivity index (χ2n) is 2.70. The Kier molecular flexibility index (Phi) is 2.65. The second kappa shape index (κ2) is 4.31. The molecule has 2 aromatic rings. The van der Waals surface area contributed by atoms with Crippen LogP contribution in [0.5, 0.6) is 0 Å². The van der Waals surface area contributed by atoms with Crippen molar-refractivity contribution in [2.24, 2.45) is 0 Å². The SMILES string of the molecule is c1cnnc(NCCn2ccnn2)c1. The van der Waals surface area contributed by atoms with E-state index < -0.39 is 0 Å². The molecule has 0 fully saturated rings. The third kappa shape index (κ3) is 2.25. The molecule has 0 aliphatic rings. The minimum atomic E-state index is 0.752. The van der Waals surface area contributed by atoms with Crippen LogP contribution in [0, 0.1) is 0 Å². The normalized spacial score (nSPS) is 10.0. The van der Waals surface area contributed by atoms with Crippen LogP contribution in [0.3, 0.4) is 0 Å². The van der Waals surface area contributed by atoms with E-state index >= 15 is 0 Å². The van der Waals surface area contributed by atoms with Gasteiger partial charge in [-0.05, 0) is 12.1 Å². The Bertz CT molecular complexity index is 357. The molecule has 0 saturated heterocycles. The van der Waals surface area contributed by atoms with Crippen molar-refractivity contribution in [3.8, 4) is 0 Å². The minimum absolute atomic E-state index is 0.752. The number of nitrogens with zero attached hydrogens (tertiary/aromatic N) is 5. The molecule has 2 aromatic heterocycles. The van der Waals surface area contributed by atoms with Gasteiger partial charge in [0.1, 0.15) is 5.82 Å². The molecule has 14 heavy (non-hydrogen) atoms. The van der Waals surface area contributed by atoms with Crippen molar-refractivity contribution < 1.29 is 0 Å². The van der Waals surface area contributed by atoms with Gasteiger partial charge in [0.2, 0.25) is 0 Å². The molecule has 2 heterocycles. The van der Waals surface area contributed by atoms with Crippen LogP contribution in [-0.2, 0) is 6.54 Å². The molecule has 6 heteroatoms. The molecule has 0 aliphatic carbocycles. The average Bonchev–Trinajstić information content (AvgIpc) is 2.72. The van der Waals surface area contributed by atoms with Crippen LogP contribution < -0.4 is 5.32 Å². The molecule has 0 atom stereocenters. The summed E-state index contributed by atoms with van der Waals surface area (Å²) in [5.74, 6) is 0.771. The molecule has 0 amide bonds. The van der Waals surface area contributed by atoms with Crippen LogP contribution in [0.15, 0.2) is 30.7 Å². The van der Waals surface area contributed by atoms with E-state index in [1.165, 1.54) is 0 Å². The van der Waals surface area contributed by atoms with E-state index in [1.807, 2.05) is 18.3 Å². The zero-order valence-electron chi connectivity index (χ0n) is 7.54. The Balaban J connectivity index is 1.79. The van der Waals surface area contributed by atoms with Crippen molar-refractivity contribution in [3.05, 3.63) is 30.7 Å². The summed E-state index contributed by atoms with van der Waals surface area (Å²) in [7, 11) is 0. The predicted octanol–water partition coefficient (Wildman–Crippen LogP) is 0.180. The van der Waals surface area contributed by atoms with Gasteiger partial charge in [-0.1, -0.05) is 5.21 Å². The van der Waals surface area contributed by atoms with E-state index in [0.717, 1.165) is 18.9 Å². The largest absolute Gasteiger partial charge is 0.367 e. The van der Waals surface area contributed by atoms with Crippen molar-refractivity contribution in [1.82, 2.24) is 25.2 Å². The van der Waals surface area contributed by atoms with Gasteiger partial charge in [-0.2, -0.15) is 5.10 Å². The van der Waals surface area contributed by atoms with Gasteiger partial charge in [0.25, 0.3) is 0 Å². The fraction of sp³-hybridized carbons (Fsp3) is 0.250. The Morgan fingerprint density at radius 2 is 2.29 bits per heavy atom. The first-order chi connectivity index (χ1) is 6.95. The second-order valence-corrected chi connectivity index (χ2v) is 2.70. The summed E-state index contributed by atoms with van der Waals surface area (Å²) in [6.07, 6.45) is 5.11. The molecule has 0 saturated carbocycles. The lowest BCUT2D eigenvalue weighted by Gasteiger charge is -2.03. The van der Waals surface area contributed by atoms with E-state index in [9.17, 15) is 0 Å². The number of anilines is 1. The number of hydrogen-bond donors (Lipinski definition) is 1. The Morgan fingerprint density at radius 3 is 3.00 bits per heavy atom. The highest BCUT2D eigenvalue weighted by Crippen LogP contribution is 1.96. The first kappa shape index (κ1) is 8.61. The molecule has 2 rings (SSSR count). The maximum atomic E-state index is 3.89. The zero-order chi connectivity index (χ0) is 9.64. The Labute approximate surface area is 81.0 Å². The van der Waals surface area contributed by atoms with Crippen molar-refractivity contribution in [1.29, 1.82) is 0 Å². The predicted molar refractivity (Wildman–Crippen MR) is 50.5 cm³/mol. The topological polar surface area (TPSA) is 68.5 Å². The average molecular weight is 190 g/mol. The van der Waals surface area contributed by atoms with Gasteiger partial charge < -0.3 is 5.32 Å². The lowest BCUT2D eigenvalue weighted by molar-refractivity contribution is 0.608. The van der Waals surface area contributed by atoms with Gasteiger partial charge in [0.15, 0.2) is 0 Å². The molecule has 0 unspecified atom stereocenters. The molecule has 72 valence electrons. The first-order valence-corrected chi connectivity index (χ1v) is 4.31. The quantitative estimate of drug-likeness (QED) is 0.744. The van der Waals surface area contributed by atoms with Crippen LogP contribution in [0.1, 0.15) is 0 Å². The molecular weight excluding hydrogens is 180 g/mol. The molecule has 1 N–H and O–H groups in total. The highest BCUT2D eigenvalue weighted by molar-refractivity contribution is 5.30. The summed E-state index contributed by atoms with van der Waals surface area (Å²) in [5.41, 5.74) is 0. The van der Waals surface area contributed by atoms with Gasteiger partial charge in [0, 0.05) is 18.9 Å². The molecule has 0 bridgehead atoms. The van der Waals surface area contributed by atoms with E-state index in [1.54, 1.807) is 17.1 Å². The zero-order valence-corrected chi connectivity index (χ0v) is 7.54. The van der Waals surface area contributed by atoms with Crippen molar-refractivity contribution >= 4 is 5.82 Å². The van der Waals surface area contributed by atoms with Crippen molar-refractivity contribution in [2.75, 3.05) is 11.9 Å². The fourth-order valence-electron chi connectivity index (χ4n) is 1.05. The highest BCUT2D eigenvalue weighted by Gasteiger charge is 1.93. The maximum absolute atomic E-state index is 3.89. The molecule has 0 spiro atoms. The van der Waals surface area contributed by atoms with Crippen LogP contribution >= 0.6 is 0 Å². The van der Waals surface area contributed by atoms with E-state index in [2.05, 4.69) is 25.8 Å². The van der Waals surface area contributed by atoms with Gasteiger partial charge in [-0.3, -0.25) is 4.68 Å². The van der Waals surface area contributed by atoms with E-state index in [0.29, 0.717) is 0 Å². The first-order valence-electron chi connectivity index (χ1n) is 4.31.